The van der Waals surface area contributed by atoms with Gasteiger partial charge in [-0.2, -0.15) is 0 Å². The van der Waals surface area contributed by atoms with Crippen LogP contribution in [-0.4, -0.2) is 13.4 Å². The summed E-state index contributed by atoms with van der Waals surface area (Å²) < 4.78 is 10.2. The van der Waals surface area contributed by atoms with E-state index < -0.39 is 0 Å². The Hall–Kier alpha value is -1.48. The van der Waals surface area contributed by atoms with Gasteiger partial charge in [0.05, 0.1) is 18.9 Å². The summed E-state index contributed by atoms with van der Waals surface area (Å²) in [6.07, 6.45) is 2.22. The second-order valence-corrected chi connectivity index (χ2v) is 3.15. The van der Waals surface area contributed by atoms with Gasteiger partial charge in [-0.15, -0.1) is 0 Å². The highest BCUT2D eigenvalue weighted by Crippen LogP contribution is 2.35. The summed E-state index contributed by atoms with van der Waals surface area (Å²) in [5.41, 5.74) is 0.959. The van der Waals surface area contributed by atoms with Gasteiger partial charge in [0.2, 0.25) is 0 Å². The number of aldehydes is 1. The number of methoxy groups -OCH3 is 1. The molecule has 0 atom stereocenters. The fourth-order valence-corrected chi connectivity index (χ4v) is 1.71. The third-order valence-electron chi connectivity index (χ3n) is 2.00. The fraction of sp³-hybridized carbons (Fsp3) is 0.100. The number of hydrogen-bond acceptors (Lipinski definition) is 3. The molecular formula is C10H7ClO3. The number of halogens is 1. The van der Waals surface area contributed by atoms with E-state index in [4.69, 9.17) is 20.8 Å². The van der Waals surface area contributed by atoms with Crippen molar-refractivity contribution < 1.29 is 13.9 Å². The van der Waals surface area contributed by atoms with Crippen molar-refractivity contribution in [3.8, 4) is 5.75 Å². The summed E-state index contributed by atoms with van der Waals surface area (Å²) in [5, 5.41) is 1.12. The molecule has 0 saturated heterocycles. The van der Waals surface area contributed by atoms with Gasteiger partial charge < -0.3 is 9.15 Å². The van der Waals surface area contributed by atoms with E-state index in [1.165, 1.54) is 13.4 Å². The minimum absolute atomic E-state index is 0.331. The fourth-order valence-electron chi connectivity index (χ4n) is 1.37. The number of carbonyl (C=O) groups is 1. The van der Waals surface area contributed by atoms with Gasteiger partial charge in [-0.3, -0.25) is 4.79 Å². The first-order chi connectivity index (χ1) is 6.77. The van der Waals surface area contributed by atoms with E-state index in [-0.39, 0.29) is 0 Å². The Morgan fingerprint density at radius 2 is 2.36 bits per heavy atom. The summed E-state index contributed by atoms with van der Waals surface area (Å²) >= 11 is 5.99. The highest BCUT2D eigenvalue weighted by molar-refractivity contribution is 6.36. The number of fused-ring (bicyclic) bond motifs is 1. The predicted molar refractivity (Wildman–Crippen MR) is 53.2 cm³/mol. The van der Waals surface area contributed by atoms with Crippen molar-refractivity contribution in [1.29, 1.82) is 0 Å². The van der Waals surface area contributed by atoms with E-state index in [2.05, 4.69) is 0 Å². The highest BCUT2D eigenvalue weighted by atomic mass is 35.5. The number of furan rings is 1. The summed E-state index contributed by atoms with van der Waals surface area (Å²) in [6, 6.07) is 3.42. The molecule has 14 heavy (non-hydrogen) atoms. The van der Waals surface area contributed by atoms with Crippen molar-refractivity contribution in [2.24, 2.45) is 0 Å². The van der Waals surface area contributed by atoms with Gasteiger partial charge >= 0.3 is 0 Å². The van der Waals surface area contributed by atoms with E-state index in [0.717, 1.165) is 5.39 Å². The molecule has 2 rings (SSSR count). The van der Waals surface area contributed by atoms with Gasteiger partial charge in [0.25, 0.3) is 0 Å². The van der Waals surface area contributed by atoms with Crippen LogP contribution in [0.4, 0.5) is 0 Å². The van der Waals surface area contributed by atoms with Crippen LogP contribution in [0.25, 0.3) is 11.0 Å². The molecule has 0 amide bonds. The number of ether oxygens (including phenoxy) is 1. The van der Waals surface area contributed by atoms with Gasteiger partial charge in [-0.25, -0.2) is 0 Å². The summed E-state index contributed by atoms with van der Waals surface area (Å²) in [7, 11) is 1.46. The van der Waals surface area contributed by atoms with Gasteiger partial charge in [-0.1, -0.05) is 11.6 Å². The Morgan fingerprint density at radius 3 is 3.00 bits per heavy atom. The van der Waals surface area contributed by atoms with Gasteiger partial charge in [0, 0.05) is 5.39 Å². The number of carbonyl (C=O) groups excluding carboxylic acids is 1. The first-order valence-corrected chi connectivity index (χ1v) is 4.34. The van der Waals surface area contributed by atoms with Crippen LogP contribution in [-0.2, 0) is 0 Å². The Morgan fingerprint density at radius 1 is 1.57 bits per heavy atom. The molecular weight excluding hydrogens is 204 g/mol. The van der Waals surface area contributed by atoms with E-state index in [1.807, 2.05) is 0 Å². The second kappa shape index (κ2) is 3.35. The number of rotatable bonds is 2. The molecule has 0 aliphatic heterocycles. The highest BCUT2D eigenvalue weighted by Gasteiger charge is 2.13. The van der Waals surface area contributed by atoms with Crippen molar-refractivity contribution in [1.82, 2.24) is 0 Å². The van der Waals surface area contributed by atoms with Gasteiger partial charge in [0.1, 0.15) is 5.02 Å². The first-order valence-electron chi connectivity index (χ1n) is 3.96. The molecule has 4 heteroatoms. The van der Waals surface area contributed by atoms with Crippen molar-refractivity contribution in [3.63, 3.8) is 0 Å². The SMILES string of the molecule is COc1c(C=O)cc2ccoc2c1Cl. The lowest BCUT2D eigenvalue weighted by molar-refractivity contribution is 0.112. The zero-order chi connectivity index (χ0) is 10.1. The minimum atomic E-state index is 0.331. The predicted octanol–water partition coefficient (Wildman–Crippen LogP) is 2.91. The molecule has 0 spiro atoms. The molecule has 2 aromatic rings. The monoisotopic (exact) mass is 210 g/mol. The quantitative estimate of drug-likeness (QED) is 0.716. The van der Waals surface area contributed by atoms with Gasteiger partial charge in [-0.05, 0) is 12.1 Å². The first kappa shape index (κ1) is 9.09. The molecule has 0 unspecified atom stereocenters. The maximum atomic E-state index is 10.7. The van der Waals surface area contributed by atoms with Crippen LogP contribution in [0.1, 0.15) is 10.4 Å². The van der Waals surface area contributed by atoms with E-state index in [9.17, 15) is 4.79 Å². The van der Waals surface area contributed by atoms with E-state index in [0.29, 0.717) is 28.2 Å². The van der Waals surface area contributed by atoms with E-state index in [1.54, 1.807) is 12.1 Å². The standard InChI is InChI=1S/C10H7ClO3/c1-13-9-7(5-12)4-6-2-3-14-10(6)8(9)11/h2-5H,1H3. The van der Waals surface area contributed by atoms with Crippen LogP contribution in [0.15, 0.2) is 22.8 Å². The zero-order valence-electron chi connectivity index (χ0n) is 7.41. The molecule has 0 saturated carbocycles. The average Bonchev–Trinajstić information content (AvgIpc) is 2.65. The molecule has 0 radical (unpaired) electrons. The third-order valence-corrected chi connectivity index (χ3v) is 2.34. The Balaban J connectivity index is 2.85. The van der Waals surface area contributed by atoms with Crippen LogP contribution >= 0.6 is 11.6 Å². The molecule has 1 heterocycles. The molecule has 1 aromatic carbocycles. The zero-order valence-corrected chi connectivity index (χ0v) is 8.17. The number of hydrogen-bond donors (Lipinski definition) is 0. The maximum absolute atomic E-state index is 10.7. The topological polar surface area (TPSA) is 39.4 Å². The molecule has 0 N–H and O–H groups in total. The lowest BCUT2D eigenvalue weighted by Crippen LogP contribution is -1.91. The summed E-state index contributed by atoms with van der Waals surface area (Å²) in [6.45, 7) is 0. The molecule has 0 aliphatic carbocycles. The van der Waals surface area contributed by atoms with Crippen molar-refractivity contribution in [2.75, 3.05) is 7.11 Å². The molecule has 1 aromatic heterocycles. The maximum Gasteiger partial charge on any atom is 0.156 e. The third kappa shape index (κ3) is 1.17. The Bertz CT molecular complexity index is 487. The summed E-state index contributed by atoms with van der Waals surface area (Å²) in [5.74, 6) is 0.351. The van der Waals surface area contributed by atoms with E-state index >= 15 is 0 Å². The van der Waals surface area contributed by atoms with Crippen molar-refractivity contribution >= 4 is 28.9 Å². The number of benzene rings is 1. The smallest absolute Gasteiger partial charge is 0.156 e. The van der Waals surface area contributed by atoms with Crippen LogP contribution in [0.5, 0.6) is 5.75 Å². The lowest BCUT2D eigenvalue weighted by Gasteiger charge is -2.05. The molecule has 0 bridgehead atoms. The largest absolute Gasteiger partial charge is 0.494 e. The lowest BCUT2D eigenvalue weighted by atomic mass is 10.1. The average molecular weight is 211 g/mol. The second-order valence-electron chi connectivity index (χ2n) is 2.77. The normalized spacial score (nSPS) is 10.4. The summed E-state index contributed by atoms with van der Waals surface area (Å²) in [4.78, 5) is 10.7. The van der Waals surface area contributed by atoms with Crippen molar-refractivity contribution in [2.45, 2.75) is 0 Å². The van der Waals surface area contributed by atoms with Crippen LogP contribution in [0.2, 0.25) is 5.02 Å². The minimum Gasteiger partial charge on any atom is -0.494 e. The van der Waals surface area contributed by atoms with Crippen LogP contribution in [0, 0.1) is 0 Å². The Labute approximate surface area is 85.2 Å². The Kier molecular flexibility index (Phi) is 2.17. The van der Waals surface area contributed by atoms with Crippen LogP contribution < -0.4 is 4.74 Å². The molecule has 3 nitrogen and oxygen atoms in total. The van der Waals surface area contributed by atoms with Crippen molar-refractivity contribution in [3.05, 3.63) is 29.0 Å². The molecule has 0 aliphatic rings. The molecule has 72 valence electrons. The van der Waals surface area contributed by atoms with Crippen LogP contribution in [0.3, 0.4) is 0 Å². The van der Waals surface area contributed by atoms with Gasteiger partial charge in [0.15, 0.2) is 17.6 Å². The molecule has 0 fully saturated rings.